The number of aliphatic hydroxyl groups is 1. The van der Waals surface area contributed by atoms with Crippen LogP contribution in [0, 0.1) is 0 Å². The first-order valence-electron chi connectivity index (χ1n) is 8.69. The van der Waals surface area contributed by atoms with Crippen LogP contribution < -0.4 is 10.6 Å². The van der Waals surface area contributed by atoms with Gasteiger partial charge >= 0.3 is 0 Å². The van der Waals surface area contributed by atoms with Crippen LogP contribution in [-0.4, -0.2) is 69.4 Å². The zero-order valence-electron chi connectivity index (χ0n) is 14.4. The fraction of sp³-hybridized carbons (Fsp3) is 0.588. The van der Waals surface area contributed by atoms with E-state index in [1.54, 1.807) is 17.0 Å². The second-order valence-electron chi connectivity index (χ2n) is 6.71. The van der Waals surface area contributed by atoms with Crippen LogP contribution >= 0.6 is 0 Å². The Morgan fingerprint density at radius 2 is 2.32 bits per heavy atom. The molecule has 25 heavy (non-hydrogen) atoms. The second kappa shape index (κ2) is 7.79. The van der Waals surface area contributed by atoms with E-state index in [1.165, 1.54) is 6.08 Å². The van der Waals surface area contributed by atoms with Gasteiger partial charge in [0.25, 0.3) is 0 Å². The maximum absolute atomic E-state index is 12.2. The van der Waals surface area contributed by atoms with Crippen molar-refractivity contribution in [2.75, 3.05) is 19.6 Å². The van der Waals surface area contributed by atoms with E-state index in [2.05, 4.69) is 15.7 Å². The molecule has 0 bridgehead atoms. The van der Waals surface area contributed by atoms with Gasteiger partial charge < -0.3 is 15.7 Å². The molecule has 1 aromatic heterocycles. The van der Waals surface area contributed by atoms with Gasteiger partial charge in [0.15, 0.2) is 0 Å². The number of aliphatic hydroxyl groups excluding tert-OH is 1. The molecule has 2 amide bonds. The van der Waals surface area contributed by atoms with Gasteiger partial charge in [-0.15, -0.1) is 0 Å². The molecule has 0 radical (unpaired) electrons. The summed E-state index contributed by atoms with van der Waals surface area (Å²) in [5.41, 5.74) is 0.846. The van der Waals surface area contributed by atoms with Gasteiger partial charge in [-0.05, 0) is 25.3 Å². The predicted molar refractivity (Wildman–Crippen MR) is 92.4 cm³/mol. The molecule has 2 fully saturated rings. The van der Waals surface area contributed by atoms with Crippen molar-refractivity contribution in [2.24, 2.45) is 7.05 Å². The highest BCUT2D eigenvalue weighted by Gasteiger charge is 2.37. The van der Waals surface area contributed by atoms with E-state index in [0.29, 0.717) is 13.1 Å². The van der Waals surface area contributed by atoms with Crippen LogP contribution in [0.2, 0.25) is 0 Å². The third-order valence-electron chi connectivity index (χ3n) is 4.84. The molecule has 3 rings (SSSR count). The summed E-state index contributed by atoms with van der Waals surface area (Å²) in [6.45, 7) is 1.64. The molecule has 1 saturated carbocycles. The molecule has 2 aliphatic rings. The lowest BCUT2D eigenvalue weighted by Crippen LogP contribution is -2.60. The monoisotopic (exact) mass is 347 g/mol. The average Bonchev–Trinajstić information content (AvgIpc) is 3.00. The number of nitrogens with zero attached hydrogens (tertiary/aromatic N) is 3. The highest BCUT2D eigenvalue weighted by Crippen LogP contribution is 2.24. The zero-order chi connectivity index (χ0) is 17.8. The molecule has 3 atom stereocenters. The highest BCUT2D eigenvalue weighted by molar-refractivity contribution is 5.91. The lowest BCUT2D eigenvalue weighted by atomic mass is 9.86. The Balaban J connectivity index is 1.57. The number of rotatable bonds is 4. The van der Waals surface area contributed by atoms with Crippen LogP contribution in [0.4, 0.5) is 0 Å². The summed E-state index contributed by atoms with van der Waals surface area (Å²) in [6, 6.07) is -0.387. The van der Waals surface area contributed by atoms with Gasteiger partial charge in [-0.25, -0.2) is 0 Å². The number of aromatic nitrogens is 2. The highest BCUT2D eigenvalue weighted by atomic mass is 16.3. The third-order valence-corrected chi connectivity index (χ3v) is 4.84. The van der Waals surface area contributed by atoms with Crippen LogP contribution in [-0.2, 0) is 16.6 Å². The fourth-order valence-electron chi connectivity index (χ4n) is 3.58. The van der Waals surface area contributed by atoms with Gasteiger partial charge in [-0.1, -0.05) is 0 Å². The molecular weight excluding hydrogens is 322 g/mol. The van der Waals surface area contributed by atoms with Crippen molar-refractivity contribution in [1.29, 1.82) is 0 Å². The van der Waals surface area contributed by atoms with E-state index in [9.17, 15) is 14.7 Å². The van der Waals surface area contributed by atoms with Crippen LogP contribution in [0.1, 0.15) is 24.8 Å². The molecule has 2 heterocycles. The standard InChI is InChI=1S/C17H25N5O3/c1-21-10-12(9-19-21)5-6-15(23)20-13-3-2-4-14(17(13)25)22-8-7-18-16(24)11-22/h5-6,9-10,13-14,17,25H,2-4,7-8,11H2,1H3,(H,18,24)(H,20,23)/b6-5+/t13-,14-,17-/m1/s1. The van der Waals surface area contributed by atoms with Crippen molar-refractivity contribution in [3.05, 3.63) is 24.0 Å². The summed E-state index contributed by atoms with van der Waals surface area (Å²) < 4.78 is 1.67. The summed E-state index contributed by atoms with van der Waals surface area (Å²) in [4.78, 5) is 25.8. The zero-order valence-corrected chi connectivity index (χ0v) is 14.4. The first-order valence-corrected chi connectivity index (χ1v) is 8.69. The number of amides is 2. The van der Waals surface area contributed by atoms with Gasteiger partial charge in [-0.2, -0.15) is 5.10 Å². The summed E-state index contributed by atoms with van der Waals surface area (Å²) in [5, 5.41) is 20.4. The van der Waals surface area contributed by atoms with Gasteiger partial charge in [0.05, 0.1) is 24.9 Å². The fourth-order valence-corrected chi connectivity index (χ4v) is 3.58. The molecule has 8 nitrogen and oxygen atoms in total. The lowest BCUT2D eigenvalue weighted by molar-refractivity contribution is -0.127. The molecule has 1 aliphatic carbocycles. The minimum absolute atomic E-state index is 0.0102. The van der Waals surface area contributed by atoms with E-state index in [0.717, 1.165) is 31.4 Å². The second-order valence-corrected chi connectivity index (χ2v) is 6.71. The van der Waals surface area contributed by atoms with Crippen LogP contribution in [0.3, 0.4) is 0 Å². The number of carbonyl (C=O) groups excluding carboxylic acids is 2. The van der Waals surface area contributed by atoms with Gasteiger partial charge in [0.1, 0.15) is 0 Å². The SMILES string of the molecule is Cn1cc(/C=C/C(=O)N[C@@H]2CCC[C@@H](N3CCNC(=O)C3)[C@@H]2O)cn1. The Kier molecular flexibility index (Phi) is 5.50. The predicted octanol–water partition coefficient (Wildman–Crippen LogP) is -0.737. The Morgan fingerprint density at radius 1 is 1.48 bits per heavy atom. The van der Waals surface area contributed by atoms with Crippen LogP contribution in [0.25, 0.3) is 6.08 Å². The first kappa shape index (κ1) is 17.6. The van der Waals surface area contributed by atoms with Crippen molar-refractivity contribution in [2.45, 2.75) is 37.5 Å². The molecule has 1 aromatic rings. The van der Waals surface area contributed by atoms with E-state index < -0.39 is 6.10 Å². The quantitative estimate of drug-likeness (QED) is 0.623. The Bertz CT molecular complexity index is 656. The van der Waals surface area contributed by atoms with Gasteiger partial charge in [0, 0.05) is 44.0 Å². The number of hydrogen-bond acceptors (Lipinski definition) is 5. The van der Waals surface area contributed by atoms with E-state index in [4.69, 9.17) is 0 Å². The van der Waals surface area contributed by atoms with Gasteiger partial charge in [0.2, 0.25) is 11.8 Å². The normalized spacial score (nSPS) is 28.1. The summed E-state index contributed by atoms with van der Waals surface area (Å²) in [6.07, 6.45) is 8.47. The maximum atomic E-state index is 12.2. The van der Waals surface area contributed by atoms with Crippen molar-refractivity contribution in [3.8, 4) is 0 Å². The molecule has 1 aliphatic heterocycles. The average molecular weight is 347 g/mol. The minimum atomic E-state index is -0.671. The van der Waals surface area contributed by atoms with Gasteiger partial charge in [-0.3, -0.25) is 19.2 Å². The lowest BCUT2D eigenvalue weighted by Gasteiger charge is -2.42. The topological polar surface area (TPSA) is 99.5 Å². The van der Waals surface area contributed by atoms with Crippen molar-refractivity contribution in [3.63, 3.8) is 0 Å². The molecule has 8 heteroatoms. The summed E-state index contributed by atoms with van der Waals surface area (Å²) >= 11 is 0. The molecule has 0 unspecified atom stereocenters. The molecule has 1 saturated heterocycles. The molecule has 136 valence electrons. The molecule has 0 aromatic carbocycles. The Labute approximate surface area is 146 Å². The molecular formula is C17H25N5O3. The Morgan fingerprint density at radius 3 is 3.04 bits per heavy atom. The number of carbonyl (C=O) groups is 2. The van der Waals surface area contributed by atoms with E-state index >= 15 is 0 Å². The third kappa shape index (κ3) is 4.46. The Hall–Kier alpha value is -2.19. The summed E-state index contributed by atoms with van der Waals surface area (Å²) in [7, 11) is 1.82. The number of nitrogens with one attached hydrogen (secondary N) is 2. The largest absolute Gasteiger partial charge is 0.389 e. The number of hydrogen-bond donors (Lipinski definition) is 3. The number of piperazine rings is 1. The molecule has 3 N–H and O–H groups in total. The van der Waals surface area contributed by atoms with Crippen LogP contribution in [0.5, 0.6) is 0 Å². The maximum Gasteiger partial charge on any atom is 0.244 e. The van der Waals surface area contributed by atoms with Crippen molar-refractivity contribution in [1.82, 2.24) is 25.3 Å². The minimum Gasteiger partial charge on any atom is -0.389 e. The van der Waals surface area contributed by atoms with Crippen molar-refractivity contribution < 1.29 is 14.7 Å². The molecule has 0 spiro atoms. The summed E-state index contributed by atoms with van der Waals surface area (Å²) in [5.74, 6) is -0.242. The first-order chi connectivity index (χ1) is 12.0. The van der Waals surface area contributed by atoms with Crippen LogP contribution in [0.15, 0.2) is 18.5 Å². The van der Waals surface area contributed by atoms with E-state index in [-0.39, 0.29) is 23.9 Å². The smallest absolute Gasteiger partial charge is 0.244 e. The number of aryl methyl sites for hydroxylation is 1. The van der Waals surface area contributed by atoms with Crippen molar-refractivity contribution >= 4 is 17.9 Å². The van der Waals surface area contributed by atoms with E-state index in [1.807, 2.05) is 18.1 Å².